The van der Waals surface area contributed by atoms with Crippen LogP contribution in [0, 0.1) is 0 Å². The van der Waals surface area contributed by atoms with Crippen molar-refractivity contribution in [2.24, 2.45) is 0 Å². The van der Waals surface area contributed by atoms with Gasteiger partial charge >= 0.3 is 0 Å². The SMILES string of the molecule is CNC(Cl)(NC)C(Cl)(Cl)Cl. The van der Waals surface area contributed by atoms with Gasteiger partial charge in [0.05, 0.1) is 0 Å². The van der Waals surface area contributed by atoms with Crippen molar-refractivity contribution in [3.05, 3.63) is 0 Å². The summed E-state index contributed by atoms with van der Waals surface area (Å²) < 4.78 is -1.59. The molecule has 10 heavy (non-hydrogen) atoms. The van der Waals surface area contributed by atoms with Gasteiger partial charge < -0.3 is 0 Å². The molecule has 0 aliphatic rings. The Kier molecular flexibility index (Phi) is 4.05. The van der Waals surface area contributed by atoms with Gasteiger partial charge in [0.1, 0.15) is 0 Å². The van der Waals surface area contributed by atoms with E-state index < -0.39 is 8.91 Å². The Morgan fingerprint density at radius 2 is 1.20 bits per heavy atom. The summed E-state index contributed by atoms with van der Waals surface area (Å²) in [6, 6.07) is 0. The maximum absolute atomic E-state index is 5.77. The van der Waals surface area contributed by atoms with E-state index in [2.05, 4.69) is 10.6 Å². The molecule has 0 aliphatic heterocycles. The van der Waals surface area contributed by atoms with Crippen molar-refractivity contribution >= 4 is 46.4 Å². The molecule has 0 aromatic rings. The molecule has 2 N–H and O–H groups in total. The summed E-state index contributed by atoms with van der Waals surface area (Å²) in [6.45, 7) is 0. The largest absolute Gasteiger partial charge is 0.286 e. The van der Waals surface area contributed by atoms with Crippen molar-refractivity contribution in [1.29, 1.82) is 0 Å². The van der Waals surface area contributed by atoms with Crippen LogP contribution < -0.4 is 10.6 Å². The summed E-state index contributed by atoms with van der Waals surface area (Å²) >= 11 is 22.3. The number of hydrogen-bond acceptors (Lipinski definition) is 2. The molecule has 2 nitrogen and oxygen atoms in total. The molecule has 0 spiro atoms. The van der Waals surface area contributed by atoms with Crippen LogP contribution in [-0.4, -0.2) is 23.0 Å². The van der Waals surface area contributed by atoms with Crippen molar-refractivity contribution in [2.75, 3.05) is 14.1 Å². The lowest BCUT2D eigenvalue weighted by atomic mass is 10.5. The highest BCUT2D eigenvalue weighted by molar-refractivity contribution is 6.70. The van der Waals surface area contributed by atoms with Gasteiger partial charge in [-0.1, -0.05) is 46.4 Å². The van der Waals surface area contributed by atoms with Crippen LogP contribution in [-0.2, 0) is 0 Å². The van der Waals surface area contributed by atoms with E-state index in [4.69, 9.17) is 46.4 Å². The van der Waals surface area contributed by atoms with Crippen molar-refractivity contribution in [3.8, 4) is 0 Å². The summed E-state index contributed by atoms with van der Waals surface area (Å²) in [5.41, 5.74) is 0. The van der Waals surface area contributed by atoms with Gasteiger partial charge in [-0.2, -0.15) is 0 Å². The van der Waals surface area contributed by atoms with Crippen LogP contribution >= 0.6 is 46.4 Å². The van der Waals surface area contributed by atoms with E-state index in [1.165, 1.54) is 0 Å². The van der Waals surface area contributed by atoms with E-state index >= 15 is 0 Å². The van der Waals surface area contributed by atoms with Crippen LogP contribution in [0.2, 0.25) is 0 Å². The molecular weight excluding hydrogens is 218 g/mol. The van der Waals surface area contributed by atoms with E-state index in [1.54, 1.807) is 14.1 Å². The predicted octanol–water partition coefficient (Wildman–Crippen LogP) is 1.69. The van der Waals surface area contributed by atoms with E-state index in [0.717, 1.165) is 0 Å². The molecule has 0 heterocycles. The zero-order valence-electron chi connectivity index (χ0n) is 5.51. The fourth-order valence-electron chi connectivity index (χ4n) is 0.408. The molecule has 62 valence electrons. The summed E-state index contributed by atoms with van der Waals surface area (Å²) in [7, 11) is 3.18. The minimum Gasteiger partial charge on any atom is -0.286 e. The van der Waals surface area contributed by atoms with Crippen LogP contribution in [0.25, 0.3) is 0 Å². The number of alkyl halides is 4. The smallest absolute Gasteiger partial charge is 0.235 e. The van der Waals surface area contributed by atoms with Crippen LogP contribution in [0.5, 0.6) is 0 Å². The first kappa shape index (κ1) is 11.1. The zero-order valence-corrected chi connectivity index (χ0v) is 8.54. The maximum Gasteiger partial charge on any atom is 0.235 e. The molecule has 0 aliphatic carbocycles. The first-order valence-corrected chi connectivity index (χ1v) is 4.02. The van der Waals surface area contributed by atoms with Gasteiger partial charge in [-0.3, -0.25) is 10.6 Å². The third-order valence-electron chi connectivity index (χ3n) is 1.08. The monoisotopic (exact) mass is 224 g/mol. The van der Waals surface area contributed by atoms with Crippen molar-refractivity contribution < 1.29 is 0 Å². The maximum atomic E-state index is 5.77. The average molecular weight is 226 g/mol. The number of halogens is 4. The standard InChI is InChI=1S/C4H8Cl4N2/c1-9-4(8,10-2)3(5,6)7/h9-10H,1-2H3. The quantitative estimate of drug-likeness (QED) is 0.425. The van der Waals surface area contributed by atoms with Gasteiger partial charge in [0.25, 0.3) is 0 Å². The number of nitrogens with one attached hydrogen (secondary N) is 2. The molecular formula is C4H8Cl4N2. The van der Waals surface area contributed by atoms with Gasteiger partial charge in [0.2, 0.25) is 3.79 Å². The minimum absolute atomic E-state index is 1.21. The van der Waals surface area contributed by atoms with Gasteiger partial charge in [0.15, 0.2) is 5.12 Å². The number of hydrogen-bond donors (Lipinski definition) is 2. The highest BCUT2D eigenvalue weighted by Crippen LogP contribution is 2.38. The zero-order chi connectivity index (χ0) is 8.41. The molecule has 0 aromatic heterocycles. The van der Waals surface area contributed by atoms with Crippen LogP contribution in [0.3, 0.4) is 0 Å². The molecule has 0 fully saturated rings. The summed E-state index contributed by atoms with van der Waals surface area (Å²) in [5, 5.41) is 4.04. The Bertz CT molecular complexity index is 106. The lowest BCUT2D eigenvalue weighted by molar-refractivity contribution is 0.439. The van der Waals surface area contributed by atoms with Gasteiger partial charge in [-0.05, 0) is 14.1 Å². The first-order valence-electron chi connectivity index (χ1n) is 2.51. The first-order chi connectivity index (χ1) is 4.37. The Labute approximate surface area is 80.1 Å². The molecule has 0 saturated carbocycles. The summed E-state index contributed by atoms with van der Waals surface area (Å²) in [5.74, 6) is 0. The van der Waals surface area contributed by atoms with Gasteiger partial charge in [0, 0.05) is 0 Å². The molecule has 0 atom stereocenters. The molecule has 0 bridgehead atoms. The second-order valence-electron chi connectivity index (χ2n) is 1.66. The molecule has 0 aromatic carbocycles. The third-order valence-corrected chi connectivity index (χ3v) is 2.88. The normalized spacial score (nSPS) is 13.8. The summed E-state index contributed by atoms with van der Waals surface area (Å²) in [4.78, 5) is 0. The highest BCUT2D eigenvalue weighted by Gasteiger charge is 2.44. The predicted molar refractivity (Wildman–Crippen MR) is 47.0 cm³/mol. The van der Waals surface area contributed by atoms with Gasteiger partial charge in [-0.25, -0.2) is 0 Å². The van der Waals surface area contributed by atoms with E-state index in [0.29, 0.717) is 0 Å². The molecule has 0 radical (unpaired) electrons. The third kappa shape index (κ3) is 2.29. The molecule has 0 rings (SSSR count). The van der Waals surface area contributed by atoms with Crippen molar-refractivity contribution in [1.82, 2.24) is 10.6 Å². The number of rotatable bonds is 2. The van der Waals surface area contributed by atoms with E-state index in [-0.39, 0.29) is 0 Å². The molecule has 0 amide bonds. The van der Waals surface area contributed by atoms with E-state index in [1.807, 2.05) is 0 Å². The lowest BCUT2D eigenvalue weighted by Crippen LogP contribution is -2.58. The molecule has 6 heteroatoms. The summed E-state index contributed by atoms with van der Waals surface area (Å²) in [6.07, 6.45) is 0. The van der Waals surface area contributed by atoms with E-state index in [9.17, 15) is 0 Å². The topological polar surface area (TPSA) is 24.1 Å². The van der Waals surface area contributed by atoms with Crippen LogP contribution in [0.1, 0.15) is 0 Å². The lowest BCUT2D eigenvalue weighted by Gasteiger charge is -2.32. The van der Waals surface area contributed by atoms with Gasteiger partial charge in [-0.15, -0.1) is 0 Å². The molecule has 0 unspecified atom stereocenters. The highest BCUT2D eigenvalue weighted by atomic mass is 35.6. The fourth-order valence-corrected chi connectivity index (χ4v) is 0.975. The van der Waals surface area contributed by atoms with Crippen molar-refractivity contribution in [2.45, 2.75) is 8.91 Å². The Hall–Kier alpha value is 1.08. The Morgan fingerprint density at radius 1 is 0.900 bits per heavy atom. The Morgan fingerprint density at radius 3 is 1.20 bits per heavy atom. The van der Waals surface area contributed by atoms with Crippen LogP contribution in [0.15, 0.2) is 0 Å². The Balaban J connectivity index is 4.33. The average Bonchev–Trinajstić information content (AvgIpc) is 1.84. The minimum atomic E-state index is -1.59. The second kappa shape index (κ2) is 3.65. The second-order valence-corrected chi connectivity index (χ2v) is 4.50. The molecule has 0 saturated heterocycles. The van der Waals surface area contributed by atoms with Crippen molar-refractivity contribution in [3.63, 3.8) is 0 Å². The fraction of sp³-hybridized carbons (Fsp3) is 1.00. The van der Waals surface area contributed by atoms with Crippen LogP contribution in [0.4, 0.5) is 0 Å².